The lowest BCUT2D eigenvalue weighted by atomic mass is 9.77. The third-order valence-corrected chi connectivity index (χ3v) is 7.85. The van der Waals surface area contributed by atoms with Gasteiger partial charge < -0.3 is 19.6 Å². The zero-order chi connectivity index (χ0) is 29.1. The first-order valence-corrected chi connectivity index (χ1v) is 13.1. The van der Waals surface area contributed by atoms with E-state index in [0.29, 0.717) is 57.4 Å². The number of halogens is 3. The maximum atomic E-state index is 13.6. The molecule has 0 atom stereocenters. The molecule has 40 heavy (non-hydrogen) atoms. The summed E-state index contributed by atoms with van der Waals surface area (Å²) in [7, 11) is 3.05. The van der Waals surface area contributed by atoms with Gasteiger partial charge in [-0.2, -0.15) is 17.7 Å². The predicted molar refractivity (Wildman–Crippen MR) is 148 cm³/mol. The maximum absolute atomic E-state index is 13.6. The van der Waals surface area contributed by atoms with Crippen molar-refractivity contribution in [3.05, 3.63) is 70.6 Å². The number of aromatic nitrogens is 1. The molecule has 2 N–H and O–H groups in total. The number of nitrogens with one attached hydrogen (secondary N) is 1. The molecule has 2 aromatic carbocycles. The van der Waals surface area contributed by atoms with Crippen LogP contribution in [0.2, 0.25) is 0 Å². The van der Waals surface area contributed by atoms with Crippen LogP contribution in [0.5, 0.6) is 11.5 Å². The Morgan fingerprint density at radius 2 is 1.77 bits per heavy atom. The van der Waals surface area contributed by atoms with Crippen molar-refractivity contribution in [1.29, 1.82) is 0 Å². The normalized spacial score (nSPS) is 17.8. The van der Waals surface area contributed by atoms with Crippen molar-refractivity contribution >= 4 is 33.7 Å². The molecule has 2 heterocycles. The van der Waals surface area contributed by atoms with Gasteiger partial charge in [0.2, 0.25) is 11.5 Å². The summed E-state index contributed by atoms with van der Waals surface area (Å²) in [6.07, 6.45) is -0.390. The van der Waals surface area contributed by atoms with E-state index in [1.165, 1.54) is 26.4 Å². The van der Waals surface area contributed by atoms with Crippen molar-refractivity contribution in [3.63, 3.8) is 0 Å². The minimum atomic E-state index is -4.47. The molecule has 210 valence electrons. The van der Waals surface area contributed by atoms with Crippen molar-refractivity contribution in [1.82, 2.24) is 4.98 Å². The Morgan fingerprint density at radius 3 is 2.38 bits per heavy atom. The van der Waals surface area contributed by atoms with Gasteiger partial charge in [-0.05, 0) is 38.0 Å². The minimum Gasteiger partial charge on any atom is -0.506 e. The zero-order valence-electron chi connectivity index (χ0n) is 23.3. The van der Waals surface area contributed by atoms with E-state index in [9.17, 15) is 23.1 Å². The van der Waals surface area contributed by atoms with E-state index in [4.69, 9.17) is 9.47 Å². The molecule has 1 aliphatic heterocycles. The van der Waals surface area contributed by atoms with Gasteiger partial charge in [0, 0.05) is 52.9 Å². The van der Waals surface area contributed by atoms with Gasteiger partial charge >= 0.3 is 6.18 Å². The predicted octanol–water partition coefficient (Wildman–Crippen LogP) is 7.10. The van der Waals surface area contributed by atoms with Gasteiger partial charge in [0.15, 0.2) is 17.2 Å². The minimum absolute atomic E-state index is 0.131. The number of rotatable bonds is 7. The van der Waals surface area contributed by atoms with Crippen LogP contribution in [0.3, 0.4) is 0 Å². The molecule has 0 bridgehead atoms. The number of ether oxygens (including phenoxy) is 2. The average Bonchev–Trinajstić information content (AvgIpc) is 3.39. The molecule has 9 heteroatoms. The van der Waals surface area contributed by atoms with Gasteiger partial charge in [0.05, 0.1) is 36.3 Å². The van der Waals surface area contributed by atoms with Gasteiger partial charge in [-0.3, -0.25) is 4.79 Å². The van der Waals surface area contributed by atoms with Crippen LogP contribution in [0.1, 0.15) is 50.8 Å². The fourth-order valence-electron chi connectivity index (χ4n) is 5.54. The number of methoxy groups -OCH3 is 2. The van der Waals surface area contributed by atoms with Crippen molar-refractivity contribution < 1.29 is 37.1 Å². The van der Waals surface area contributed by atoms with Crippen molar-refractivity contribution in [2.75, 3.05) is 20.8 Å². The van der Waals surface area contributed by atoms with Crippen LogP contribution >= 0.6 is 0 Å². The van der Waals surface area contributed by atoms with Crippen LogP contribution in [0.25, 0.3) is 16.5 Å². The number of aliphatic hydroxyl groups is 1. The third kappa shape index (κ3) is 4.28. The summed E-state index contributed by atoms with van der Waals surface area (Å²) >= 11 is 0. The molecule has 3 aromatic rings. The Bertz CT molecular complexity index is 1640. The second-order valence-corrected chi connectivity index (χ2v) is 11.1. The maximum Gasteiger partial charge on any atom is 0.416 e. The van der Waals surface area contributed by atoms with Crippen LogP contribution in [0.4, 0.5) is 18.9 Å². The summed E-state index contributed by atoms with van der Waals surface area (Å²) in [6.45, 7) is 8.41. The quantitative estimate of drug-likeness (QED) is 0.242. The molecule has 1 aromatic heterocycles. The summed E-state index contributed by atoms with van der Waals surface area (Å²) in [6, 6.07) is 7.29. The standard InChI is InChI=1S/C31H31F3N2O4/c1-16(2)9-10-36-23-8-7-17(31(32,33)34)11-21(23)30(3,4)26(36)13-19-28(37)27(29(19)38)20-15-35-22-14-25(40-6)24(39-5)12-18(20)22/h7-8,11-16H,9-10H2,1-6H3,(H,37,38)/p+1. The first-order chi connectivity index (χ1) is 18.8. The topological polar surface area (TPSA) is 74.6 Å². The highest BCUT2D eigenvalue weighted by atomic mass is 19.4. The number of aromatic amines is 1. The molecule has 0 saturated carbocycles. The fraction of sp³-hybridized carbons (Fsp3) is 0.355. The molecule has 1 aliphatic carbocycles. The van der Waals surface area contributed by atoms with Gasteiger partial charge in [-0.25, -0.2) is 0 Å². The number of carbonyl (C=O) groups excluding carboxylic acids is 1. The van der Waals surface area contributed by atoms with E-state index >= 15 is 0 Å². The molecular formula is C31H32F3N2O4+. The SMILES string of the molecule is COc1cc2[nH]cc(C3=C(O)/C(=C/C4=[N+](CCC(C)C)c5ccc(C(F)(F)F)cc5C4(C)C)C3=O)c2cc1OC. The zero-order valence-corrected chi connectivity index (χ0v) is 23.3. The Kier molecular flexibility index (Phi) is 6.59. The molecule has 0 saturated heterocycles. The van der Waals surface area contributed by atoms with Crippen LogP contribution in [0.15, 0.2) is 53.9 Å². The van der Waals surface area contributed by atoms with Gasteiger partial charge in [-0.15, -0.1) is 0 Å². The number of carbonyl (C=O) groups is 1. The van der Waals surface area contributed by atoms with Gasteiger partial charge in [-0.1, -0.05) is 13.8 Å². The van der Waals surface area contributed by atoms with Crippen molar-refractivity contribution in [2.45, 2.75) is 45.7 Å². The fourth-order valence-corrected chi connectivity index (χ4v) is 5.54. The molecule has 0 radical (unpaired) electrons. The first-order valence-electron chi connectivity index (χ1n) is 13.1. The Hall–Kier alpha value is -4.01. The number of H-pyrrole nitrogens is 1. The number of fused-ring (bicyclic) bond motifs is 2. The van der Waals surface area contributed by atoms with E-state index in [-0.39, 0.29) is 22.7 Å². The van der Waals surface area contributed by atoms with E-state index in [1.54, 1.807) is 24.4 Å². The second kappa shape index (κ2) is 9.57. The van der Waals surface area contributed by atoms with E-state index in [0.717, 1.165) is 12.5 Å². The number of Topliss-reactive ketones (excluding diaryl/α,β-unsaturated/α-hetero) is 1. The van der Waals surface area contributed by atoms with E-state index in [2.05, 4.69) is 18.8 Å². The largest absolute Gasteiger partial charge is 0.506 e. The molecule has 0 fully saturated rings. The monoisotopic (exact) mass is 553 g/mol. The highest BCUT2D eigenvalue weighted by molar-refractivity contribution is 6.41. The molecule has 0 amide bonds. The van der Waals surface area contributed by atoms with Gasteiger partial charge in [0.25, 0.3) is 0 Å². The lowest BCUT2D eigenvalue weighted by Gasteiger charge is -2.23. The number of nitrogens with zero attached hydrogens (tertiary/aromatic N) is 1. The lowest BCUT2D eigenvalue weighted by Crippen LogP contribution is -2.31. The summed E-state index contributed by atoms with van der Waals surface area (Å²) < 4.78 is 53.5. The van der Waals surface area contributed by atoms with Crippen molar-refractivity contribution in [3.8, 4) is 11.5 Å². The van der Waals surface area contributed by atoms with E-state index < -0.39 is 17.2 Å². The lowest BCUT2D eigenvalue weighted by molar-refractivity contribution is -0.439. The van der Waals surface area contributed by atoms with Crippen molar-refractivity contribution in [2.24, 2.45) is 5.92 Å². The molecule has 5 rings (SSSR count). The third-order valence-electron chi connectivity index (χ3n) is 7.85. The highest BCUT2D eigenvalue weighted by Gasteiger charge is 2.48. The smallest absolute Gasteiger partial charge is 0.416 e. The number of aliphatic hydroxyl groups excluding tert-OH is 1. The average molecular weight is 554 g/mol. The molecule has 2 aliphatic rings. The van der Waals surface area contributed by atoms with Crippen LogP contribution in [0, 0.1) is 5.92 Å². The Labute approximate surface area is 230 Å². The summed E-state index contributed by atoms with van der Waals surface area (Å²) in [4.78, 5) is 16.6. The number of alkyl halides is 3. The highest BCUT2D eigenvalue weighted by Crippen LogP contribution is 2.46. The number of ketones is 1. The summed E-state index contributed by atoms with van der Waals surface area (Å²) in [5, 5.41) is 11.8. The summed E-state index contributed by atoms with van der Waals surface area (Å²) in [5.41, 5.74) is 1.88. The molecule has 0 spiro atoms. The second-order valence-electron chi connectivity index (χ2n) is 11.1. The molecule has 0 unspecified atom stereocenters. The number of hydrogen-bond acceptors (Lipinski definition) is 4. The van der Waals surface area contributed by atoms with Gasteiger partial charge in [0.1, 0.15) is 12.3 Å². The van der Waals surface area contributed by atoms with Crippen LogP contribution in [-0.4, -0.2) is 46.9 Å². The number of allylic oxidation sites excluding steroid dienone is 3. The Balaban J connectivity index is 1.62. The molecule has 6 nitrogen and oxygen atoms in total. The van der Waals surface area contributed by atoms with E-state index in [1.807, 2.05) is 18.4 Å². The van der Waals surface area contributed by atoms with Crippen LogP contribution in [-0.2, 0) is 16.4 Å². The van der Waals surface area contributed by atoms with Crippen LogP contribution < -0.4 is 9.47 Å². The number of benzene rings is 2. The summed E-state index contributed by atoms with van der Waals surface area (Å²) in [5.74, 6) is 0.875. The number of hydrogen-bond donors (Lipinski definition) is 2. The Morgan fingerprint density at radius 1 is 1.10 bits per heavy atom. The first kappa shape index (κ1) is 27.6. The molecular weight excluding hydrogens is 521 g/mol.